The van der Waals surface area contributed by atoms with E-state index in [1.165, 1.54) is 30.0 Å². The van der Waals surface area contributed by atoms with Crippen molar-refractivity contribution in [3.05, 3.63) is 39.6 Å². The van der Waals surface area contributed by atoms with Crippen LogP contribution in [0.15, 0.2) is 23.2 Å². The van der Waals surface area contributed by atoms with E-state index in [4.69, 9.17) is 4.74 Å². The monoisotopic (exact) mass is 496 g/mol. The van der Waals surface area contributed by atoms with Gasteiger partial charge in [0.25, 0.3) is 5.91 Å². The first kappa shape index (κ1) is 26.7. The number of nitrogens with one attached hydrogen (secondary N) is 1. The maximum Gasteiger partial charge on any atom is 0.410 e. The van der Waals surface area contributed by atoms with Crippen LogP contribution < -0.4 is 5.32 Å². The maximum atomic E-state index is 12.4. The molecule has 2 amide bonds. The van der Waals surface area contributed by atoms with E-state index in [0.717, 1.165) is 4.88 Å². The topological polar surface area (TPSA) is 119 Å². The number of carbonyl (C=O) groups excluding carboxylic acids is 2. The van der Waals surface area contributed by atoms with Gasteiger partial charge in [0.1, 0.15) is 5.60 Å². The third-order valence-electron chi connectivity index (χ3n) is 4.27. The molecule has 0 aromatic carbocycles. The van der Waals surface area contributed by atoms with Gasteiger partial charge in [-0.3, -0.25) is 14.7 Å². The third-order valence-corrected chi connectivity index (χ3v) is 7.07. The van der Waals surface area contributed by atoms with E-state index in [1.54, 1.807) is 17.9 Å². The fourth-order valence-corrected chi connectivity index (χ4v) is 4.53. The SMILES string of the molecule is CCC.CCS(=O)(=O)c1ccc(CNC(=O)c2nc3c(s2)CN(C(=O)OC(C)(C)C)C3)nc1. The molecule has 0 saturated carbocycles. The van der Waals surface area contributed by atoms with Crippen molar-refractivity contribution in [3.8, 4) is 0 Å². The number of thiazole rings is 1. The zero-order valence-corrected chi connectivity index (χ0v) is 21.6. The van der Waals surface area contributed by atoms with Crippen molar-refractivity contribution >= 4 is 33.2 Å². The van der Waals surface area contributed by atoms with E-state index < -0.39 is 21.5 Å². The van der Waals surface area contributed by atoms with Crippen molar-refractivity contribution in [1.82, 2.24) is 20.2 Å². The standard InChI is InChI=1S/C19H24N4O5S2.C3H8/c1-5-30(26,27)13-7-6-12(20-9-13)8-21-16(24)17-22-14-10-23(11-15(14)29-17)18(25)28-19(2,3)4;1-3-2/h6-7,9H,5,8,10-11H2,1-4H3,(H,21,24);3H2,1-2H3. The number of ether oxygens (including phenoxy) is 1. The Morgan fingerprint density at radius 2 is 1.85 bits per heavy atom. The summed E-state index contributed by atoms with van der Waals surface area (Å²) >= 11 is 1.24. The van der Waals surface area contributed by atoms with Crippen LogP contribution in [0.2, 0.25) is 0 Å². The van der Waals surface area contributed by atoms with Gasteiger partial charge in [-0.1, -0.05) is 27.2 Å². The summed E-state index contributed by atoms with van der Waals surface area (Å²) in [6.07, 6.45) is 2.14. The number of rotatable bonds is 5. The number of pyridine rings is 1. The lowest BCUT2D eigenvalue weighted by Gasteiger charge is -2.24. The molecule has 1 N–H and O–H groups in total. The van der Waals surface area contributed by atoms with E-state index in [2.05, 4.69) is 29.1 Å². The molecule has 11 heteroatoms. The van der Waals surface area contributed by atoms with Crippen LogP contribution in [0.5, 0.6) is 0 Å². The van der Waals surface area contributed by atoms with Gasteiger partial charge in [-0.2, -0.15) is 0 Å². The van der Waals surface area contributed by atoms with Crippen molar-refractivity contribution in [3.63, 3.8) is 0 Å². The molecule has 33 heavy (non-hydrogen) atoms. The summed E-state index contributed by atoms with van der Waals surface area (Å²) in [4.78, 5) is 35.6. The molecule has 0 unspecified atom stereocenters. The first-order valence-electron chi connectivity index (χ1n) is 10.8. The van der Waals surface area contributed by atoms with Gasteiger partial charge < -0.3 is 10.1 Å². The number of hydrogen-bond acceptors (Lipinski definition) is 8. The van der Waals surface area contributed by atoms with Gasteiger partial charge in [0, 0.05) is 11.1 Å². The Morgan fingerprint density at radius 3 is 2.36 bits per heavy atom. The Balaban J connectivity index is 0.00000122. The molecular formula is C22H32N4O5S2. The van der Waals surface area contributed by atoms with Crippen molar-refractivity contribution in [2.45, 2.75) is 78.1 Å². The number of amides is 2. The van der Waals surface area contributed by atoms with Crippen LogP contribution in [0.25, 0.3) is 0 Å². The van der Waals surface area contributed by atoms with Crippen molar-refractivity contribution < 1.29 is 22.7 Å². The summed E-state index contributed by atoms with van der Waals surface area (Å²) in [6.45, 7) is 12.1. The maximum absolute atomic E-state index is 12.4. The lowest BCUT2D eigenvalue weighted by Crippen LogP contribution is -2.33. The van der Waals surface area contributed by atoms with Crippen LogP contribution >= 0.6 is 11.3 Å². The predicted octanol–water partition coefficient (Wildman–Crippen LogP) is 3.93. The first-order chi connectivity index (χ1) is 15.4. The van der Waals surface area contributed by atoms with Crippen LogP contribution in [0.3, 0.4) is 0 Å². The summed E-state index contributed by atoms with van der Waals surface area (Å²) in [5.41, 5.74) is 0.667. The predicted molar refractivity (Wildman–Crippen MR) is 127 cm³/mol. The fourth-order valence-electron chi connectivity index (χ4n) is 2.71. The largest absolute Gasteiger partial charge is 0.444 e. The van der Waals surface area contributed by atoms with Crippen LogP contribution in [-0.2, 0) is 34.2 Å². The second-order valence-corrected chi connectivity index (χ2v) is 11.9. The quantitative estimate of drug-likeness (QED) is 0.666. The number of fused-ring (bicyclic) bond motifs is 1. The van der Waals surface area contributed by atoms with E-state index >= 15 is 0 Å². The van der Waals surface area contributed by atoms with E-state index in [1.807, 2.05) is 20.8 Å². The number of carbonyl (C=O) groups is 2. The Bertz CT molecular complexity index is 1050. The zero-order valence-electron chi connectivity index (χ0n) is 20.0. The molecule has 2 aromatic heterocycles. The molecule has 1 aliphatic heterocycles. The van der Waals surface area contributed by atoms with Gasteiger partial charge in [0.15, 0.2) is 14.8 Å². The van der Waals surface area contributed by atoms with Gasteiger partial charge in [-0.15, -0.1) is 11.3 Å². The molecule has 9 nitrogen and oxygen atoms in total. The average molecular weight is 497 g/mol. The molecule has 182 valence electrons. The molecule has 0 fully saturated rings. The summed E-state index contributed by atoms with van der Waals surface area (Å²) in [7, 11) is -3.30. The third kappa shape index (κ3) is 7.50. The normalized spacial score (nSPS) is 13.1. The van der Waals surface area contributed by atoms with Crippen LogP contribution in [0.4, 0.5) is 4.79 Å². The summed E-state index contributed by atoms with van der Waals surface area (Å²) in [5, 5.41) is 3.05. The van der Waals surface area contributed by atoms with E-state index in [-0.39, 0.29) is 23.1 Å². The first-order valence-corrected chi connectivity index (χ1v) is 13.3. The lowest BCUT2D eigenvalue weighted by molar-refractivity contribution is 0.0241. The Morgan fingerprint density at radius 1 is 1.18 bits per heavy atom. The molecule has 0 atom stereocenters. The summed E-state index contributed by atoms with van der Waals surface area (Å²) in [5.74, 6) is -0.338. The summed E-state index contributed by atoms with van der Waals surface area (Å²) < 4.78 is 29.0. The van der Waals surface area contributed by atoms with Gasteiger partial charge >= 0.3 is 6.09 Å². The Kier molecular flexibility index (Phi) is 8.96. The molecule has 0 radical (unpaired) electrons. The second kappa shape index (κ2) is 11.1. The van der Waals surface area contributed by atoms with Crippen LogP contribution in [0, 0.1) is 0 Å². The molecule has 0 aliphatic carbocycles. The van der Waals surface area contributed by atoms with Gasteiger partial charge in [-0.05, 0) is 32.9 Å². The zero-order chi connectivity index (χ0) is 24.8. The number of nitrogens with zero attached hydrogens (tertiary/aromatic N) is 3. The molecule has 3 heterocycles. The van der Waals surface area contributed by atoms with E-state index in [0.29, 0.717) is 29.5 Å². The van der Waals surface area contributed by atoms with Crippen LogP contribution in [-0.4, -0.2) is 46.6 Å². The van der Waals surface area contributed by atoms with Crippen molar-refractivity contribution in [2.24, 2.45) is 0 Å². The van der Waals surface area contributed by atoms with E-state index in [9.17, 15) is 18.0 Å². The minimum absolute atomic E-state index is 0.00479. The highest BCUT2D eigenvalue weighted by Gasteiger charge is 2.31. The number of hydrogen-bond donors (Lipinski definition) is 1. The van der Waals surface area contributed by atoms with Crippen molar-refractivity contribution in [1.29, 1.82) is 0 Å². The molecular weight excluding hydrogens is 464 g/mol. The minimum atomic E-state index is -3.30. The highest BCUT2D eigenvalue weighted by Crippen LogP contribution is 2.29. The molecule has 0 saturated heterocycles. The number of sulfone groups is 1. The fraction of sp³-hybridized carbons (Fsp3) is 0.545. The van der Waals surface area contributed by atoms with Crippen LogP contribution in [0.1, 0.15) is 74.0 Å². The highest BCUT2D eigenvalue weighted by molar-refractivity contribution is 7.91. The Hall–Kier alpha value is -2.53. The molecule has 0 spiro atoms. The van der Waals surface area contributed by atoms with Gasteiger partial charge in [0.2, 0.25) is 0 Å². The average Bonchev–Trinajstić information content (AvgIpc) is 3.31. The second-order valence-electron chi connectivity index (χ2n) is 8.50. The molecule has 1 aliphatic rings. The minimum Gasteiger partial charge on any atom is -0.444 e. The Labute approximate surface area is 199 Å². The molecule has 3 rings (SSSR count). The van der Waals surface area contributed by atoms with Crippen molar-refractivity contribution in [2.75, 3.05) is 5.75 Å². The highest BCUT2D eigenvalue weighted by atomic mass is 32.2. The summed E-state index contributed by atoms with van der Waals surface area (Å²) in [6, 6.07) is 3.06. The smallest absolute Gasteiger partial charge is 0.410 e. The molecule has 2 aromatic rings. The van der Waals surface area contributed by atoms with Gasteiger partial charge in [0.05, 0.1) is 41.7 Å². The molecule has 0 bridgehead atoms. The van der Waals surface area contributed by atoms with Gasteiger partial charge in [-0.25, -0.2) is 18.2 Å². The number of aromatic nitrogens is 2. The lowest BCUT2D eigenvalue weighted by atomic mass is 10.2.